The Hall–Kier alpha value is -1.79. The summed E-state index contributed by atoms with van der Waals surface area (Å²) in [5.41, 5.74) is -0.101. The van der Waals surface area contributed by atoms with E-state index < -0.39 is 10.8 Å². The number of aromatic nitrogens is 1. The molecular formula is C10H11F2N3O2. The SMILES string of the molecule is O=[N+]([O-])c1ccc(N2CCC(F)(F)CC2)nc1. The molecule has 1 fully saturated rings. The molecule has 7 heteroatoms. The molecule has 5 nitrogen and oxygen atoms in total. The van der Waals surface area contributed by atoms with Crippen LogP contribution < -0.4 is 4.90 Å². The van der Waals surface area contributed by atoms with Gasteiger partial charge in [0, 0.05) is 32.0 Å². The Morgan fingerprint density at radius 3 is 2.47 bits per heavy atom. The third-order valence-electron chi connectivity index (χ3n) is 2.76. The fraction of sp³-hybridized carbons (Fsp3) is 0.500. The fourth-order valence-electron chi connectivity index (χ4n) is 1.74. The van der Waals surface area contributed by atoms with Crippen LogP contribution in [-0.2, 0) is 0 Å². The van der Waals surface area contributed by atoms with E-state index in [0.717, 1.165) is 6.20 Å². The quantitative estimate of drug-likeness (QED) is 0.590. The number of rotatable bonds is 2. The standard InChI is InChI=1S/C10H11F2N3O2/c11-10(12)3-5-14(6-4-10)9-2-1-8(7-13-9)15(16)17/h1-2,7H,3-6H2. The summed E-state index contributed by atoms with van der Waals surface area (Å²) in [5.74, 6) is -2.09. The largest absolute Gasteiger partial charge is 0.356 e. The van der Waals surface area contributed by atoms with Crippen LogP contribution in [0.4, 0.5) is 20.3 Å². The topological polar surface area (TPSA) is 59.3 Å². The molecule has 0 bridgehead atoms. The highest BCUT2D eigenvalue weighted by Gasteiger charge is 2.34. The zero-order chi connectivity index (χ0) is 12.5. The molecule has 0 atom stereocenters. The van der Waals surface area contributed by atoms with Gasteiger partial charge in [-0.2, -0.15) is 0 Å². The molecule has 1 saturated heterocycles. The van der Waals surface area contributed by atoms with E-state index in [4.69, 9.17) is 0 Å². The third-order valence-corrected chi connectivity index (χ3v) is 2.76. The van der Waals surface area contributed by atoms with Crippen LogP contribution in [0.3, 0.4) is 0 Å². The molecule has 2 rings (SSSR count). The van der Waals surface area contributed by atoms with Gasteiger partial charge in [-0.15, -0.1) is 0 Å². The summed E-state index contributed by atoms with van der Waals surface area (Å²) in [4.78, 5) is 15.5. The van der Waals surface area contributed by atoms with Crippen LogP contribution >= 0.6 is 0 Å². The van der Waals surface area contributed by atoms with Gasteiger partial charge in [0.05, 0.1) is 4.92 Å². The Morgan fingerprint density at radius 1 is 1.35 bits per heavy atom. The number of nitro groups is 1. The number of hydrogen-bond acceptors (Lipinski definition) is 4. The zero-order valence-electron chi connectivity index (χ0n) is 8.97. The number of alkyl halides is 2. The molecule has 1 aliphatic heterocycles. The Balaban J connectivity index is 2.06. The number of piperidine rings is 1. The maximum Gasteiger partial charge on any atom is 0.287 e. The molecule has 0 amide bonds. The minimum absolute atomic E-state index is 0.101. The van der Waals surface area contributed by atoms with Gasteiger partial charge >= 0.3 is 0 Å². The van der Waals surface area contributed by atoms with E-state index >= 15 is 0 Å². The first-order valence-corrected chi connectivity index (χ1v) is 5.21. The lowest BCUT2D eigenvalue weighted by Gasteiger charge is -2.32. The lowest BCUT2D eigenvalue weighted by molar-refractivity contribution is -0.385. The van der Waals surface area contributed by atoms with E-state index in [9.17, 15) is 18.9 Å². The van der Waals surface area contributed by atoms with Crippen LogP contribution in [0.1, 0.15) is 12.8 Å². The van der Waals surface area contributed by atoms with Gasteiger partial charge < -0.3 is 4.90 Å². The molecule has 0 N–H and O–H groups in total. The Labute approximate surface area is 96.2 Å². The highest BCUT2D eigenvalue weighted by molar-refractivity contribution is 5.43. The van der Waals surface area contributed by atoms with Crippen molar-refractivity contribution >= 4 is 11.5 Å². The molecular weight excluding hydrogens is 232 g/mol. The average Bonchev–Trinajstić information content (AvgIpc) is 2.29. The predicted molar refractivity (Wildman–Crippen MR) is 57.3 cm³/mol. The van der Waals surface area contributed by atoms with Gasteiger partial charge in [0.15, 0.2) is 0 Å². The normalized spacial score (nSPS) is 19.1. The van der Waals surface area contributed by atoms with Gasteiger partial charge in [0.1, 0.15) is 12.0 Å². The Kier molecular flexibility index (Phi) is 2.91. The van der Waals surface area contributed by atoms with Crippen molar-refractivity contribution in [2.24, 2.45) is 0 Å². The molecule has 17 heavy (non-hydrogen) atoms. The number of halogens is 2. The van der Waals surface area contributed by atoms with Crippen molar-refractivity contribution in [1.29, 1.82) is 0 Å². The second-order valence-corrected chi connectivity index (χ2v) is 3.97. The fourth-order valence-corrected chi connectivity index (χ4v) is 1.74. The second-order valence-electron chi connectivity index (χ2n) is 3.97. The van der Waals surface area contributed by atoms with Crippen molar-refractivity contribution < 1.29 is 13.7 Å². The molecule has 0 saturated carbocycles. The van der Waals surface area contributed by atoms with Crippen molar-refractivity contribution in [3.63, 3.8) is 0 Å². The van der Waals surface area contributed by atoms with Crippen molar-refractivity contribution in [3.05, 3.63) is 28.4 Å². The predicted octanol–water partition coefficient (Wildman–Crippen LogP) is 2.23. The molecule has 0 radical (unpaired) electrons. The van der Waals surface area contributed by atoms with Crippen molar-refractivity contribution in [2.45, 2.75) is 18.8 Å². The lowest BCUT2D eigenvalue weighted by Crippen LogP contribution is -2.39. The number of hydrogen-bond donors (Lipinski definition) is 0. The number of nitrogens with zero attached hydrogens (tertiary/aromatic N) is 3. The molecule has 1 aromatic heterocycles. The molecule has 1 aromatic rings. The summed E-state index contributed by atoms with van der Waals surface area (Å²) in [7, 11) is 0. The maximum atomic E-state index is 12.9. The van der Waals surface area contributed by atoms with E-state index in [-0.39, 0.29) is 31.6 Å². The molecule has 2 heterocycles. The first-order valence-electron chi connectivity index (χ1n) is 5.21. The average molecular weight is 243 g/mol. The molecule has 0 aliphatic carbocycles. The monoisotopic (exact) mass is 243 g/mol. The summed E-state index contributed by atoms with van der Waals surface area (Å²) in [6, 6.07) is 2.82. The summed E-state index contributed by atoms with van der Waals surface area (Å²) in [5, 5.41) is 10.4. The van der Waals surface area contributed by atoms with Crippen LogP contribution in [0.2, 0.25) is 0 Å². The summed E-state index contributed by atoms with van der Waals surface area (Å²) in [6.07, 6.45) is 0.736. The second kappa shape index (κ2) is 4.23. The van der Waals surface area contributed by atoms with Crippen LogP contribution in [0.15, 0.2) is 18.3 Å². The van der Waals surface area contributed by atoms with Crippen molar-refractivity contribution in [1.82, 2.24) is 4.98 Å². The number of anilines is 1. The van der Waals surface area contributed by atoms with Gasteiger partial charge in [-0.05, 0) is 6.07 Å². The van der Waals surface area contributed by atoms with Crippen LogP contribution in [0.25, 0.3) is 0 Å². The van der Waals surface area contributed by atoms with Crippen molar-refractivity contribution in [3.8, 4) is 0 Å². The molecule has 0 spiro atoms. The smallest absolute Gasteiger partial charge is 0.287 e. The summed E-state index contributed by atoms with van der Waals surface area (Å²) in [6.45, 7) is 0.440. The van der Waals surface area contributed by atoms with Gasteiger partial charge in [0.2, 0.25) is 0 Å². The minimum Gasteiger partial charge on any atom is -0.356 e. The summed E-state index contributed by atoms with van der Waals surface area (Å²) < 4.78 is 25.9. The first kappa shape index (κ1) is 11.7. The van der Waals surface area contributed by atoms with Crippen molar-refractivity contribution in [2.75, 3.05) is 18.0 Å². The Bertz CT molecular complexity index is 412. The summed E-state index contributed by atoms with van der Waals surface area (Å²) >= 11 is 0. The maximum absolute atomic E-state index is 12.9. The molecule has 0 unspecified atom stereocenters. The highest BCUT2D eigenvalue weighted by Crippen LogP contribution is 2.29. The van der Waals surface area contributed by atoms with E-state index in [1.165, 1.54) is 12.1 Å². The van der Waals surface area contributed by atoms with E-state index in [1.807, 2.05) is 0 Å². The highest BCUT2D eigenvalue weighted by atomic mass is 19.3. The van der Waals surface area contributed by atoms with Gasteiger partial charge in [-0.3, -0.25) is 10.1 Å². The minimum atomic E-state index is -2.60. The van der Waals surface area contributed by atoms with Crippen LogP contribution in [0, 0.1) is 10.1 Å². The Morgan fingerprint density at radius 2 is 2.00 bits per heavy atom. The van der Waals surface area contributed by atoms with Gasteiger partial charge in [0.25, 0.3) is 11.6 Å². The van der Waals surface area contributed by atoms with Gasteiger partial charge in [-0.25, -0.2) is 13.8 Å². The van der Waals surface area contributed by atoms with Gasteiger partial charge in [-0.1, -0.05) is 0 Å². The van der Waals surface area contributed by atoms with E-state index in [0.29, 0.717) is 5.82 Å². The first-order chi connectivity index (χ1) is 7.98. The van der Waals surface area contributed by atoms with E-state index in [2.05, 4.69) is 4.98 Å². The van der Waals surface area contributed by atoms with Crippen LogP contribution in [-0.4, -0.2) is 28.9 Å². The van der Waals surface area contributed by atoms with Crippen LogP contribution in [0.5, 0.6) is 0 Å². The van der Waals surface area contributed by atoms with E-state index in [1.54, 1.807) is 4.90 Å². The molecule has 1 aliphatic rings. The zero-order valence-corrected chi connectivity index (χ0v) is 8.97. The molecule has 0 aromatic carbocycles. The lowest BCUT2D eigenvalue weighted by atomic mass is 10.1. The molecule has 92 valence electrons. The number of pyridine rings is 1. The third kappa shape index (κ3) is 2.66.